The molecule has 7 aliphatic carbocycles. The van der Waals surface area contributed by atoms with E-state index in [0.717, 1.165) is 55.2 Å². The number of fused-ring (bicyclic) bond motifs is 10. The quantitative estimate of drug-likeness (QED) is 0.123. The number of carboxylic acid groups (broad SMARTS) is 1. The zero-order valence-electron chi connectivity index (χ0n) is 40.2. The highest BCUT2D eigenvalue weighted by Crippen LogP contribution is 2.70. The van der Waals surface area contributed by atoms with E-state index >= 15 is 0 Å². The predicted molar refractivity (Wildman–Crippen MR) is 246 cm³/mol. The summed E-state index contributed by atoms with van der Waals surface area (Å²) >= 11 is 0. The molecule has 2 saturated heterocycles. The van der Waals surface area contributed by atoms with Crippen LogP contribution in [0.5, 0.6) is 0 Å². The molecule has 19 nitrogen and oxygen atoms in total. The molecule has 0 aromatic heterocycles. The fourth-order valence-electron chi connectivity index (χ4n) is 14.2. The molecule has 6 saturated carbocycles. The number of aliphatic hydroxyl groups is 2. The van der Waals surface area contributed by atoms with Crippen molar-refractivity contribution in [3.05, 3.63) is 59.2 Å². The van der Waals surface area contributed by atoms with Crippen LogP contribution in [0.4, 0.5) is 0 Å². The number of carboxylic acids is 1. The summed E-state index contributed by atoms with van der Waals surface area (Å²) in [6.45, 7) is 2.85. The lowest BCUT2D eigenvalue weighted by Gasteiger charge is -2.59. The summed E-state index contributed by atoms with van der Waals surface area (Å²) in [6, 6.07) is 6.83. The Kier molecular flexibility index (Phi) is 13.5. The van der Waals surface area contributed by atoms with Gasteiger partial charge in [-0.2, -0.15) is 0 Å². The normalized spacial score (nSPS) is 35.9. The average Bonchev–Trinajstić information content (AvgIpc) is 3.97. The number of carbonyl (C=O) groups excluding carboxylic acids is 8. The topological polar surface area (TPSA) is 281 Å². The molecule has 382 valence electrons. The van der Waals surface area contributed by atoms with Gasteiger partial charge in [-0.15, -0.1) is 5.06 Å². The van der Waals surface area contributed by atoms with Gasteiger partial charge in [0.25, 0.3) is 11.8 Å². The molecule has 10 rings (SSSR count). The third-order valence-electron chi connectivity index (χ3n) is 17.9. The van der Waals surface area contributed by atoms with Crippen LogP contribution < -0.4 is 16.0 Å². The van der Waals surface area contributed by atoms with E-state index < -0.39 is 126 Å². The van der Waals surface area contributed by atoms with Crippen LogP contribution in [0.25, 0.3) is 0 Å². The van der Waals surface area contributed by atoms with E-state index in [1.54, 1.807) is 12.2 Å². The zero-order valence-corrected chi connectivity index (χ0v) is 40.2. The Morgan fingerprint density at radius 3 is 2.25 bits per heavy atom. The van der Waals surface area contributed by atoms with Crippen molar-refractivity contribution in [2.24, 2.45) is 34.0 Å². The minimum absolute atomic E-state index is 0.0162. The minimum atomic E-state index is -1.45. The molecule has 0 unspecified atom stereocenters. The van der Waals surface area contributed by atoms with Crippen molar-refractivity contribution in [3.63, 3.8) is 0 Å². The number of ether oxygens (including phenoxy) is 2. The smallest absolute Gasteiger partial charge is 0.333 e. The molecule has 2 aliphatic heterocycles. The van der Waals surface area contributed by atoms with Gasteiger partial charge in [-0.1, -0.05) is 49.8 Å². The molecular formula is C52H64N4O15. The number of rotatable bonds is 17. The predicted octanol–water partition coefficient (Wildman–Crippen LogP) is 2.89. The molecule has 5 amide bonds. The molecule has 2 heterocycles. The first-order chi connectivity index (χ1) is 33.7. The lowest BCUT2D eigenvalue weighted by Crippen LogP contribution is -2.63. The standard InChI is InChI=1S/C52H64N4O15/c1-48-16-15-32(58)23-31(48)7-8-33-34-24-38-52(37(60)28-57,49(34,2)26-36(59)45(33)48)70-47(69-38)30-5-3-29(4-6-30)25-50-17-20-51(21-18-50,22-19-50)55-46(68)35(9-13-43(65)66)54-40(62)27-53-39(61)10-14-44(67)71-56-41(63)11-12-42(56)64/h3-6,15-16,23,33-36,38,45,47,57,59H,7-14,17-22,24-28H2,1-2H3,(H,53,61)(H,54,62)(H,55,68)(H,65,66)/t33-,34-,35-,36-,38+,45+,47+,48-,49-,50?,51?,52+/m0/s1. The molecule has 71 heavy (non-hydrogen) atoms. The maximum absolute atomic E-state index is 14.0. The first-order valence-electron chi connectivity index (χ1n) is 25.1. The molecule has 9 aliphatic rings. The third kappa shape index (κ3) is 9.16. The van der Waals surface area contributed by atoms with Gasteiger partial charge >= 0.3 is 11.9 Å². The fourth-order valence-corrected chi connectivity index (χ4v) is 14.2. The van der Waals surface area contributed by atoms with Crippen LogP contribution in [0.2, 0.25) is 0 Å². The van der Waals surface area contributed by atoms with Crippen molar-refractivity contribution in [1.29, 1.82) is 0 Å². The van der Waals surface area contributed by atoms with E-state index in [2.05, 4.69) is 22.9 Å². The van der Waals surface area contributed by atoms with Crippen LogP contribution in [0.1, 0.15) is 134 Å². The monoisotopic (exact) mass is 984 g/mol. The van der Waals surface area contributed by atoms with Crippen molar-refractivity contribution in [2.45, 2.75) is 159 Å². The van der Waals surface area contributed by atoms with Crippen LogP contribution in [0.15, 0.2) is 48.1 Å². The number of nitrogens with one attached hydrogen (secondary N) is 3. The highest BCUT2D eigenvalue weighted by atomic mass is 16.7. The maximum atomic E-state index is 14.0. The third-order valence-corrected chi connectivity index (χ3v) is 17.9. The number of hydrogen-bond acceptors (Lipinski definition) is 14. The van der Waals surface area contributed by atoms with Gasteiger partial charge in [-0.05, 0) is 112 Å². The molecule has 0 spiro atoms. The van der Waals surface area contributed by atoms with Gasteiger partial charge in [0.2, 0.25) is 17.7 Å². The number of Topliss-reactive ketones (excluding diaryl/α,β-unsaturated/α-hetero) is 1. The lowest BCUT2D eigenvalue weighted by atomic mass is 9.46. The van der Waals surface area contributed by atoms with Gasteiger partial charge in [-0.25, -0.2) is 4.79 Å². The van der Waals surface area contributed by atoms with Crippen LogP contribution >= 0.6 is 0 Å². The Bertz CT molecular complexity index is 2430. The van der Waals surface area contributed by atoms with Crippen molar-refractivity contribution in [1.82, 2.24) is 21.0 Å². The summed E-state index contributed by atoms with van der Waals surface area (Å²) in [5.41, 5.74) is -0.399. The summed E-state index contributed by atoms with van der Waals surface area (Å²) in [5.74, 6) is -5.99. The minimum Gasteiger partial charge on any atom is -0.481 e. The molecule has 0 radical (unpaired) electrons. The highest BCUT2D eigenvalue weighted by molar-refractivity contribution is 6.02. The Labute approximate surface area is 410 Å². The van der Waals surface area contributed by atoms with E-state index in [0.29, 0.717) is 37.2 Å². The largest absolute Gasteiger partial charge is 0.481 e. The Hall–Kier alpha value is -5.63. The van der Waals surface area contributed by atoms with E-state index in [4.69, 9.17) is 14.3 Å². The molecule has 10 atom stereocenters. The van der Waals surface area contributed by atoms with Crippen molar-refractivity contribution >= 4 is 53.0 Å². The second kappa shape index (κ2) is 19.1. The number of aliphatic hydroxyl groups excluding tert-OH is 2. The van der Waals surface area contributed by atoms with E-state index in [1.807, 2.05) is 37.3 Å². The fraction of sp³-hybridized carbons (Fsp3) is 0.635. The Balaban J connectivity index is 0.778. The van der Waals surface area contributed by atoms with Gasteiger partial charge < -0.3 is 45.6 Å². The molecular weight excluding hydrogens is 921 g/mol. The Morgan fingerprint density at radius 2 is 1.59 bits per heavy atom. The van der Waals surface area contributed by atoms with Gasteiger partial charge in [0, 0.05) is 53.5 Å². The average molecular weight is 985 g/mol. The van der Waals surface area contributed by atoms with Gasteiger partial charge in [0.15, 0.2) is 23.5 Å². The zero-order chi connectivity index (χ0) is 50.7. The van der Waals surface area contributed by atoms with Gasteiger partial charge in [-0.3, -0.25) is 38.4 Å². The summed E-state index contributed by atoms with van der Waals surface area (Å²) in [4.78, 5) is 117. The second-order valence-electron chi connectivity index (χ2n) is 21.9. The molecule has 8 fully saturated rings. The molecule has 1 aromatic rings. The number of ketones is 2. The van der Waals surface area contributed by atoms with Crippen molar-refractivity contribution < 1.29 is 72.8 Å². The number of hydrogen-bond donors (Lipinski definition) is 6. The number of nitrogens with zero attached hydrogens (tertiary/aromatic N) is 1. The van der Waals surface area contributed by atoms with E-state index in [1.165, 1.54) is 0 Å². The van der Waals surface area contributed by atoms with Gasteiger partial charge in [0.05, 0.1) is 25.2 Å². The summed E-state index contributed by atoms with van der Waals surface area (Å²) < 4.78 is 13.5. The molecule has 6 N–H and O–H groups in total. The van der Waals surface area contributed by atoms with Crippen LogP contribution in [-0.4, -0.2) is 116 Å². The number of imide groups is 1. The van der Waals surface area contributed by atoms with Crippen molar-refractivity contribution in [3.8, 4) is 0 Å². The van der Waals surface area contributed by atoms with Gasteiger partial charge in [0.1, 0.15) is 12.6 Å². The number of allylic oxidation sites excluding steroid dienone is 4. The van der Waals surface area contributed by atoms with Crippen LogP contribution in [-0.2, 0) is 63.9 Å². The number of benzene rings is 1. The first-order valence-corrected chi connectivity index (χ1v) is 25.1. The number of amides is 5. The Morgan fingerprint density at radius 1 is 0.901 bits per heavy atom. The van der Waals surface area contributed by atoms with Crippen LogP contribution in [0.3, 0.4) is 0 Å². The lowest BCUT2D eigenvalue weighted by molar-refractivity contribution is -0.201. The van der Waals surface area contributed by atoms with E-state index in [-0.39, 0.29) is 48.2 Å². The molecule has 1 aromatic carbocycles. The summed E-state index contributed by atoms with van der Waals surface area (Å²) in [6.07, 6.45) is 9.07. The molecule has 19 heteroatoms. The first kappa shape index (κ1) is 50.3. The number of aliphatic carboxylic acids is 1. The number of carbonyl (C=O) groups is 9. The number of hydroxylamine groups is 2. The van der Waals surface area contributed by atoms with Crippen molar-refractivity contribution in [2.75, 3.05) is 13.2 Å². The van der Waals surface area contributed by atoms with E-state index in [9.17, 15) is 58.5 Å². The summed E-state index contributed by atoms with van der Waals surface area (Å²) in [7, 11) is 0. The maximum Gasteiger partial charge on any atom is 0.333 e. The molecule has 2 bridgehead atoms. The van der Waals surface area contributed by atoms with Crippen LogP contribution in [0, 0.1) is 34.0 Å². The SMILES string of the molecule is C[C@]12C=CC(=O)C=C1CC[C@@H]1[C@@H]2[C@@H](O)C[C@@]2(C)[C@H]1C[C@H]1O[C@@H](c3ccc(CC45CCC(NC(=O)[C@H](CCC(=O)O)NC(=O)CNC(=O)CCC(=O)ON6C(=O)CCC6=O)(CC4)CC5)cc3)O[C@]12C(=O)CO. The second-order valence-corrected chi connectivity index (χ2v) is 21.9. The highest BCUT2D eigenvalue weighted by Gasteiger charge is 2.76. The summed E-state index contributed by atoms with van der Waals surface area (Å²) in [5, 5.41) is 40.2.